The molecule has 1 atom stereocenters. The first-order valence-corrected chi connectivity index (χ1v) is 8.09. The predicted octanol–water partition coefficient (Wildman–Crippen LogP) is -1.29. The molecule has 1 rings (SSSR count). The van der Waals surface area contributed by atoms with Crippen molar-refractivity contribution in [2.75, 3.05) is 18.6 Å². The Labute approximate surface area is 121 Å². The van der Waals surface area contributed by atoms with Crippen LogP contribution in [0.25, 0.3) is 0 Å². The Hall–Kier alpha value is -2.17. The van der Waals surface area contributed by atoms with Gasteiger partial charge in [-0.25, -0.2) is 22.7 Å². The predicted molar refractivity (Wildman–Crippen MR) is 72.7 cm³/mol. The zero-order chi connectivity index (χ0) is 16.0. The highest BCUT2D eigenvalue weighted by molar-refractivity contribution is 7.90. The summed E-state index contributed by atoms with van der Waals surface area (Å²) in [6.07, 6.45) is 2.34. The third-order valence-corrected chi connectivity index (χ3v) is 3.42. The largest absolute Gasteiger partial charge is 0.476 e. The van der Waals surface area contributed by atoms with Gasteiger partial charge < -0.3 is 15.7 Å². The summed E-state index contributed by atoms with van der Waals surface area (Å²) in [7, 11) is -3.16. The van der Waals surface area contributed by atoms with Gasteiger partial charge in [-0.05, 0) is 6.92 Å². The molecule has 0 radical (unpaired) electrons. The Balaban J connectivity index is 2.31. The number of hydrogen-bond donors (Lipinski definition) is 3. The number of hydrogen-bond acceptors (Lipinski definition) is 6. The van der Waals surface area contributed by atoms with Crippen molar-refractivity contribution < 1.29 is 23.1 Å². The van der Waals surface area contributed by atoms with Crippen molar-refractivity contribution in [2.45, 2.75) is 19.5 Å². The molecule has 10 nitrogen and oxygen atoms in total. The van der Waals surface area contributed by atoms with Crippen molar-refractivity contribution in [1.82, 2.24) is 25.6 Å². The first kappa shape index (κ1) is 16.9. The summed E-state index contributed by atoms with van der Waals surface area (Å²) in [4.78, 5) is 22.1. The lowest BCUT2D eigenvalue weighted by molar-refractivity contribution is 0.0690. The van der Waals surface area contributed by atoms with E-state index in [0.717, 1.165) is 6.26 Å². The van der Waals surface area contributed by atoms with Crippen LogP contribution in [0.4, 0.5) is 4.79 Å². The molecule has 3 N–H and O–H groups in total. The van der Waals surface area contributed by atoms with Gasteiger partial charge in [-0.3, -0.25) is 0 Å². The number of sulfone groups is 1. The van der Waals surface area contributed by atoms with Gasteiger partial charge in [0.25, 0.3) is 0 Å². The SMILES string of the molecule is CC(CS(C)(=O)=O)NC(=O)NCCn1cc(C(=O)O)nn1. The van der Waals surface area contributed by atoms with Crippen LogP contribution >= 0.6 is 0 Å². The van der Waals surface area contributed by atoms with Crippen LogP contribution in [0.15, 0.2) is 6.20 Å². The van der Waals surface area contributed by atoms with Gasteiger partial charge in [0.15, 0.2) is 5.69 Å². The van der Waals surface area contributed by atoms with Crippen LogP contribution in [-0.2, 0) is 16.4 Å². The molecule has 0 spiro atoms. The van der Waals surface area contributed by atoms with E-state index < -0.39 is 27.9 Å². The zero-order valence-electron chi connectivity index (χ0n) is 11.6. The third-order valence-electron chi connectivity index (χ3n) is 2.31. The van der Waals surface area contributed by atoms with Gasteiger partial charge in [-0.2, -0.15) is 0 Å². The Morgan fingerprint density at radius 2 is 2.14 bits per heavy atom. The van der Waals surface area contributed by atoms with E-state index in [1.807, 2.05) is 0 Å². The summed E-state index contributed by atoms with van der Waals surface area (Å²) in [6, 6.07) is -1.02. The maximum Gasteiger partial charge on any atom is 0.358 e. The number of carbonyl (C=O) groups is 2. The van der Waals surface area contributed by atoms with Crippen molar-refractivity contribution in [3.05, 3.63) is 11.9 Å². The van der Waals surface area contributed by atoms with Crippen LogP contribution in [0.1, 0.15) is 17.4 Å². The molecule has 1 heterocycles. The number of amides is 2. The second kappa shape index (κ2) is 7.02. The summed E-state index contributed by atoms with van der Waals surface area (Å²) in [6.45, 7) is 2.02. The first-order chi connectivity index (χ1) is 9.67. The number of carboxylic acid groups (broad SMARTS) is 1. The van der Waals surface area contributed by atoms with Crippen molar-refractivity contribution in [2.24, 2.45) is 0 Å². The highest BCUT2D eigenvalue weighted by atomic mass is 32.2. The molecule has 0 saturated carbocycles. The molecule has 118 valence electrons. The molecule has 1 unspecified atom stereocenters. The minimum absolute atomic E-state index is 0.147. The number of aromatic carboxylic acids is 1. The van der Waals surface area contributed by atoms with E-state index in [1.165, 1.54) is 10.9 Å². The molecule has 0 aliphatic heterocycles. The highest BCUT2D eigenvalue weighted by Gasteiger charge is 2.13. The fraction of sp³-hybridized carbons (Fsp3) is 0.600. The Morgan fingerprint density at radius 3 is 2.67 bits per heavy atom. The molecule has 0 saturated heterocycles. The Kier molecular flexibility index (Phi) is 5.64. The van der Waals surface area contributed by atoms with Gasteiger partial charge in [0, 0.05) is 18.8 Å². The minimum Gasteiger partial charge on any atom is -0.476 e. The molecular weight excluding hydrogens is 302 g/mol. The van der Waals surface area contributed by atoms with Crippen LogP contribution in [0.3, 0.4) is 0 Å². The molecule has 0 aliphatic rings. The van der Waals surface area contributed by atoms with Crippen LogP contribution in [0, 0.1) is 0 Å². The maximum absolute atomic E-state index is 11.5. The summed E-state index contributed by atoms with van der Waals surface area (Å²) < 4.78 is 23.4. The molecule has 0 aliphatic carbocycles. The Bertz CT molecular complexity index is 611. The van der Waals surface area contributed by atoms with Crippen LogP contribution < -0.4 is 10.6 Å². The van der Waals surface area contributed by atoms with Crippen LogP contribution in [0.5, 0.6) is 0 Å². The summed E-state index contributed by atoms with van der Waals surface area (Å²) in [5.41, 5.74) is -0.179. The monoisotopic (exact) mass is 319 g/mol. The van der Waals surface area contributed by atoms with Crippen molar-refractivity contribution in [3.8, 4) is 0 Å². The molecule has 21 heavy (non-hydrogen) atoms. The summed E-state index contributed by atoms with van der Waals surface area (Å²) >= 11 is 0. The zero-order valence-corrected chi connectivity index (χ0v) is 12.4. The molecule has 1 aromatic rings. The van der Waals surface area contributed by atoms with Crippen LogP contribution in [0.2, 0.25) is 0 Å². The van der Waals surface area contributed by atoms with Crippen molar-refractivity contribution in [1.29, 1.82) is 0 Å². The normalized spacial score (nSPS) is 12.7. The lowest BCUT2D eigenvalue weighted by atomic mass is 10.4. The molecule has 1 aromatic heterocycles. The van der Waals surface area contributed by atoms with Gasteiger partial charge in [0.1, 0.15) is 9.84 Å². The van der Waals surface area contributed by atoms with Crippen molar-refractivity contribution >= 4 is 21.8 Å². The second-order valence-electron chi connectivity index (χ2n) is 4.57. The number of rotatable bonds is 7. The number of carboxylic acids is 1. The minimum atomic E-state index is -3.16. The second-order valence-corrected chi connectivity index (χ2v) is 6.75. The fourth-order valence-electron chi connectivity index (χ4n) is 1.56. The van der Waals surface area contributed by atoms with E-state index in [-0.39, 0.29) is 24.5 Å². The molecular formula is C10H17N5O5S. The number of nitrogens with one attached hydrogen (secondary N) is 2. The van der Waals surface area contributed by atoms with E-state index in [9.17, 15) is 18.0 Å². The van der Waals surface area contributed by atoms with Gasteiger partial charge in [-0.1, -0.05) is 5.21 Å². The van der Waals surface area contributed by atoms with Gasteiger partial charge in [0.05, 0.1) is 18.5 Å². The number of nitrogens with zero attached hydrogens (tertiary/aromatic N) is 3. The van der Waals surface area contributed by atoms with Crippen molar-refractivity contribution in [3.63, 3.8) is 0 Å². The quantitative estimate of drug-likeness (QED) is 0.567. The molecule has 11 heteroatoms. The van der Waals surface area contributed by atoms with E-state index in [2.05, 4.69) is 20.9 Å². The van der Waals surface area contributed by atoms with Gasteiger partial charge in [0.2, 0.25) is 0 Å². The Morgan fingerprint density at radius 1 is 1.48 bits per heavy atom. The lowest BCUT2D eigenvalue weighted by Gasteiger charge is -2.13. The molecule has 0 fully saturated rings. The fourth-order valence-corrected chi connectivity index (χ4v) is 2.55. The van der Waals surface area contributed by atoms with E-state index in [1.54, 1.807) is 6.92 Å². The topological polar surface area (TPSA) is 143 Å². The van der Waals surface area contributed by atoms with Gasteiger partial charge in [-0.15, -0.1) is 5.10 Å². The first-order valence-electron chi connectivity index (χ1n) is 6.03. The molecule has 0 bridgehead atoms. The average molecular weight is 319 g/mol. The number of aromatic nitrogens is 3. The maximum atomic E-state index is 11.5. The van der Waals surface area contributed by atoms with Gasteiger partial charge >= 0.3 is 12.0 Å². The smallest absolute Gasteiger partial charge is 0.358 e. The van der Waals surface area contributed by atoms with E-state index >= 15 is 0 Å². The third kappa shape index (κ3) is 6.70. The van der Waals surface area contributed by atoms with E-state index in [4.69, 9.17) is 5.11 Å². The molecule has 0 aromatic carbocycles. The van der Waals surface area contributed by atoms with Crippen LogP contribution in [-0.4, -0.2) is 65.1 Å². The number of carbonyl (C=O) groups excluding carboxylic acids is 1. The summed E-state index contributed by atoms with van der Waals surface area (Å²) in [5.74, 6) is -1.33. The average Bonchev–Trinajstić information content (AvgIpc) is 2.74. The number of urea groups is 1. The lowest BCUT2D eigenvalue weighted by Crippen LogP contribution is -2.44. The molecule has 2 amide bonds. The van der Waals surface area contributed by atoms with E-state index in [0.29, 0.717) is 0 Å². The summed E-state index contributed by atoms with van der Waals surface area (Å²) in [5, 5.41) is 20.6. The highest BCUT2D eigenvalue weighted by Crippen LogP contribution is 1.92. The standard InChI is InChI=1S/C10H17N5O5S/c1-7(6-21(2,19)20)12-10(18)11-3-4-15-5-8(9(16)17)13-14-15/h5,7H,3-4,6H2,1-2H3,(H,16,17)(H2,11,12,18).